The molecule has 1 saturated carbocycles. The van der Waals surface area contributed by atoms with Crippen LogP contribution in [0.3, 0.4) is 0 Å². The lowest BCUT2D eigenvalue weighted by atomic mass is 9.99. The molecular weight excluding hydrogens is 477 g/mol. The summed E-state index contributed by atoms with van der Waals surface area (Å²) in [6.07, 6.45) is 11.7. The van der Waals surface area contributed by atoms with Crippen LogP contribution in [0.25, 0.3) is 0 Å². The number of urea groups is 1. The highest BCUT2D eigenvalue weighted by Crippen LogP contribution is 2.37. The van der Waals surface area contributed by atoms with E-state index in [4.69, 9.17) is 0 Å². The molecule has 13 heteroatoms. The number of fused-ring (bicyclic) bond motifs is 1. The van der Waals surface area contributed by atoms with Crippen molar-refractivity contribution in [2.24, 2.45) is 7.05 Å². The number of amides is 3. The van der Waals surface area contributed by atoms with E-state index in [0.29, 0.717) is 30.7 Å². The van der Waals surface area contributed by atoms with E-state index in [-0.39, 0.29) is 18.7 Å². The Balaban J connectivity index is 1.49. The minimum atomic E-state index is -3.98. The molecule has 1 atom stereocenters. The van der Waals surface area contributed by atoms with E-state index in [1.807, 2.05) is 0 Å². The lowest BCUT2D eigenvalue weighted by Crippen LogP contribution is -2.52. The van der Waals surface area contributed by atoms with Gasteiger partial charge in [0.25, 0.3) is 0 Å². The molecule has 0 bridgehead atoms. The fourth-order valence-corrected chi connectivity index (χ4v) is 5.78. The molecule has 1 aliphatic heterocycles. The van der Waals surface area contributed by atoms with Crippen molar-refractivity contribution in [1.29, 1.82) is 0 Å². The number of aryl methyl sites for hydroxylation is 1. The van der Waals surface area contributed by atoms with Gasteiger partial charge in [-0.2, -0.15) is 24.5 Å². The average Bonchev–Trinajstić information content (AvgIpc) is 3.18. The first-order chi connectivity index (χ1) is 16.7. The maximum atomic E-state index is 13.4. The number of carbonyl (C=O) groups excluding carboxylic acids is 2. The van der Waals surface area contributed by atoms with Crippen LogP contribution in [0.5, 0.6) is 0 Å². The van der Waals surface area contributed by atoms with E-state index in [0.717, 1.165) is 4.90 Å². The first kappa shape index (κ1) is 23.3. The molecule has 0 spiro atoms. The zero-order chi connectivity index (χ0) is 24.8. The highest BCUT2D eigenvalue weighted by atomic mass is 32.2. The molecule has 3 aliphatic rings. The summed E-state index contributed by atoms with van der Waals surface area (Å²) in [5, 5.41) is 7.07. The number of carbonyl (C=O) groups is 2. The fourth-order valence-electron chi connectivity index (χ4n) is 4.18. The third kappa shape index (κ3) is 4.48. The number of aromatic nitrogens is 4. The molecule has 3 heterocycles. The van der Waals surface area contributed by atoms with Crippen molar-refractivity contribution in [2.45, 2.75) is 36.7 Å². The number of sulfonamides is 1. The van der Waals surface area contributed by atoms with Crippen LogP contribution in [0.1, 0.15) is 18.4 Å². The summed E-state index contributed by atoms with van der Waals surface area (Å²) in [4.78, 5) is 27.9. The van der Waals surface area contributed by atoms with Gasteiger partial charge in [0.1, 0.15) is 36.3 Å². The van der Waals surface area contributed by atoms with E-state index >= 15 is 0 Å². The number of nitrogens with one attached hydrogen (secondary N) is 1. The summed E-state index contributed by atoms with van der Waals surface area (Å²) in [7, 11) is -2.26. The number of hydrogen-bond acceptors (Lipinski definition) is 6. The topological polar surface area (TPSA) is 122 Å². The van der Waals surface area contributed by atoms with Crippen molar-refractivity contribution in [2.75, 3.05) is 13.2 Å². The first-order valence-corrected chi connectivity index (χ1v) is 12.7. The second-order valence-electron chi connectivity index (χ2n) is 8.97. The molecular formula is C22H25FN7O4S+. The molecule has 1 N–H and O–H groups in total. The second kappa shape index (κ2) is 8.64. The number of halogens is 1. The zero-order valence-corrected chi connectivity index (χ0v) is 19.9. The standard InChI is InChI=1S/C22H25FN7O4S/c1-27-13-16(12-25-27)14-30-20(31)18-11-17(35(33,34)26-22(15-23)5-6-22)3-4-19(18)29(21(30)32)10-9-28-8-2-7-24-28/h2-4,7-8,11-13,17,26H,5-6,9-10,14-15H2,1H3/q+1. The molecule has 11 nitrogen and oxygen atoms in total. The second-order valence-corrected chi connectivity index (χ2v) is 10.8. The zero-order valence-electron chi connectivity index (χ0n) is 19.0. The summed E-state index contributed by atoms with van der Waals surface area (Å²) < 4.78 is 46.4. The Hall–Kier alpha value is -3.45. The molecule has 0 saturated heterocycles. The molecule has 3 amide bonds. The van der Waals surface area contributed by atoms with Crippen molar-refractivity contribution in [3.05, 3.63) is 60.2 Å². The van der Waals surface area contributed by atoms with E-state index in [1.165, 1.54) is 22.8 Å². The van der Waals surface area contributed by atoms with Crippen molar-refractivity contribution in [1.82, 2.24) is 29.2 Å². The Morgan fingerprint density at radius 3 is 2.71 bits per heavy atom. The lowest BCUT2D eigenvalue weighted by Gasteiger charge is -2.26. The summed E-state index contributed by atoms with van der Waals surface area (Å²) >= 11 is 0. The smallest absolute Gasteiger partial charge is 0.275 e. The first-order valence-electron chi connectivity index (χ1n) is 11.2. The van der Waals surface area contributed by atoms with E-state index < -0.39 is 39.4 Å². The maximum Gasteiger partial charge on any atom is 0.501 e. The average molecular weight is 503 g/mol. The number of alkyl halides is 1. The number of allylic oxidation sites excluding steroid dienone is 1. The number of rotatable bonds is 9. The predicted molar refractivity (Wildman–Crippen MR) is 123 cm³/mol. The van der Waals surface area contributed by atoms with Gasteiger partial charge in [0, 0.05) is 31.2 Å². The highest BCUT2D eigenvalue weighted by molar-refractivity contribution is 7.90. The Morgan fingerprint density at radius 2 is 2.09 bits per heavy atom. The van der Waals surface area contributed by atoms with E-state index in [1.54, 1.807) is 47.3 Å². The Kier molecular flexibility index (Phi) is 5.75. The normalized spacial score (nSPS) is 21.4. The largest absolute Gasteiger partial charge is 0.501 e. The van der Waals surface area contributed by atoms with Gasteiger partial charge in [-0.15, -0.1) is 0 Å². The van der Waals surface area contributed by atoms with Crippen LogP contribution in [0.15, 0.2) is 54.7 Å². The SMILES string of the molecule is Cn1cc(CN2C(=O)C3=CC(S(=O)(=O)NC4(CF)CC4)C=CC3=[N+](CCn3cccn3)C2=O)cn1. The van der Waals surface area contributed by atoms with E-state index in [9.17, 15) is 22.4 Å². The van der Waals surface area contributed by atoms with Gasteiger partial charge in [-0.05, 0) is 31.1 Å². The third-order valence-corrected chi connectivity index (χ3v) is 8.04. The van der Waals surface area contributed by atoms with Crippen LogP contribution in [0.4, 0.5) is 9.18 Å². The summed E-state index contributed by atoms with van der Waals surface area (Å²) in [6.45, 7) is -0.210. The summed E-state index contributed by atoms with van der Waals surface area (Å²) in [6, 6.07) is 1.25. The summed E-state index contributed by atoms with van der Waals surface area (Å²) in [5.74, 6) is -0.597. The monoisotopic (exact) mass is 502 g/mol. The highest BCUT2D eigenvalue weighted by Gasteiger charge is 2.49. The van der Waals surface area contributed by atoms with Gasteiger partial charge < -0.3 is 0 Å². The molecule has 0 aromatic carbocycles. The van der Waals surface area contributed by atoms with Crippen LogP contribution in [-0.2, 0) is 35.0 Å². The molecule has 2 aliphatic carbocycles. The van der Waals surface area contributed by atoms with Crippen molar-refractivity contribution < 1.29 is 27.0 Å². The Morgan fingerprint density at radius 1 is 1.29 bits per heavy atom. The van der Waals surface area contributed by atoms with Crippen LogP contribution in [0.2, 0.25) is 0 Å². The molecule has 184 valence electrons. The van der Waals surface area contributed by atoms with Crippen LogP contribution in [-0.4, -0.2) is 79.1 Å². The van der Waals surface area contributed by atoms with Crippen LogP contribution in [0, 0.1) is 0 Å². The molecule has 1 fully saturated rings. The van der Waals surface area contributed by atoms with Crippen molar-refractivity contribution in [3.63, 3.8) is 0 Å². The van der Waals surface area contributed by atoms with Crippen LogP contribution >= 0.6 is 0 Å². The quantitative estimate of drug-likeness (QED) is 0.499. The van der Waals surface area contributed by atoms with Gasteiger partial charge in [-0.3, -0.25) is 9.36 Å². The molecule has 2 aromatic heterocycles. The number of hydrogen-bond donors (Lipinski definition) is 1. The van der Waals surface area contributed by atoms with Gasteiger partial charge in [-0.25, -0.2) is 22.3 Å². The molecule has 5 rings (SSSR count). The number of nitrogens with zero attached hydrogens (tertiary/aromatic N) is 6. The minimum absolute atomic E-state index is 0.0151. The number of imide groups is 1. The van der Waals surface area contributed by atoms with Crippen molar-refractivity contribution in [3.8, 4) is 0 Å². The summed E-state index contributed by atoms with van der Waals surface area (Å²) in [5.41, 5.74) is 0.0369. The van der Waals surface area contributed by atoms with Crippen molar-refractivity contribution >= 4 is 27.7 Å². The van der Waals surface area contributed by atoms with Gasteiger partial charge in [0.05, 0.1) is 18.3 Å². The lowest BCUT2D eigenvalue weighted by molar-refractivity contribution is -0.438. The molecule has 2 aromatic rings. The van der Waals surface area contributed by atoms with Gasteiger partial charge in [0.15, 0.2) is 0 Å². The Bertz CT molecular complexity index is 1370. The molecule has 1 unspecified atom stereocenters. The van der Waals surface area contributed by atoms with E-state index in [2.05, 4.69) is 14.9 Å². The van der Waals surface area contributed by atoms with Crippen LogP contribution < -0.4 is 4.72 Å². The predicted octanol–water partition coefficient (Wildman–Crippen LogP) is 0.519. The maximum absolute atomic E-state index is 13.4. The minimum Gasteiger partial charge on any atom is -0.275 e. The molecule has 35 heavy (non-hydrogen) atoms. The molecule has 0 radical (unpaired) electrons. The van der Waals surface area contributed by atoms with Gasteiger partial charge in [0.2, 0.25) is 10.0 Å². The van der Waals surface area contributed by atoms with Gasteiger partial charge in [-0.1, -0.05) is 6.08 Å². The van der Waals surface area contributed by atoms with Gasteiger partial charge >= 0.3 is 11.9 Å². The fraction of sp³-hybridized carbons (Fsp3) is 0.409. The third-order valence-electron chi connectivity index (χ3n) is 6.32. The Labute approximate surface area is 201 Å².